The minimum atomic E-state index is -2.18. The third-order valence-electron chi connectivity index (χ3n) is 4.65. The van der Waals surface area contributed by atoms with Crippen molar-refractivity contribution in [2.75, 3.05) is 6.61 Å². The first-order chi connectivity index (χ1) is 14.0. The molecule has 3 aromatic rings. The van der Waals surface area contributed by atoms with E-state index in [-0.39, 0.29) is 21.9 Å². The normalized spacial score (nSPS) is 26.3. The number of aliphatic hydroxyl groups excluding tert-OH is 1. The van der Waals surface area contributed by atoms with Crippen LogP contribution < -0.4 is 0 Å². The van der Waals surface area contributed by atoms with Crippen LogP contribution in [0.5, 0.6) is 0 Å². The Kier molecular flexibility index (Phi) is 4.92. The van der Waals surface area contributed by atoms with E-state index in [1.54, 1.807) is 18.2 Å². The van der Waals surface area contributed by atoms with Crippen LogP contribution in [0.1, 0.15) is 16.6 Å². The van der Waals surface area contributed by atoms with Crippen molar-refractivity contribution >= 4 is 28.7 Å². The second-order valence-corrected chi connectivity index (χ2v) is 6.65. The van der Waals surface area contributed by atoms with Crippen molar-refractivity contribution in [3.63, 3.8) is 0 Å². The number of aromatic nitrogens is 4. The number of esters is 1. The highest BCUT2D eigenvalue weighted by molar-refractivity contribution is 6.33. The molecule has 0 bridgehead atoms. The Balaban J connectivity index is 1.81. The number of terminal acetylenes is 1. The molecule has 0 saturated carbocycles. The molecule has 10 heteroatoms. The first kappa shape index (κ1) is 19.3. The summed E-state index contributed by atoms with van der Waals surface area (Å²) in [5, 5.41) is 9.62. The van der Waals surface area contributed by atoms with E-state index in [1.165, 1.54) is 29.4 Å². The Morgan fingerprint density at radius 3 is 2.83 bits per heavy atom. The zero-order valence-corrected chi connectivity index (χ0v) is 15.5. The van der Waals surface area contributed by atoms with Crippen LogP contribution in [0.4, 0.5) is 4.39 Å². The fourth-order valence-corrected chi connectivity index (χ4v) is 3.40. The van der Waals surface area contributed by atoms with Gasteiger partial charge in [0.1, 0.15) is 17.9 Å². The van der Waals surface area contributed by atoms with Crippen molar-refractivity contribution in [2.45, 2.75) is 24.1 Å². The molecule has 3 heterocycles. The molecule has 0 aliphatic carbocycles. The standard InChI is InChI=1S/C19H14ClFN4O4/c1-2-19(29-17(27)11-6-4-3-5-7-11)14(21)12(8-26)28-18(19)25-10-24-13-15(20)22-9-23-16(13)25/h1,3-7,9-10,12,14,18,26H,8H2/t12-,14-,18-,19-/m1/s1. The van der Waals surface area contributed by atoms with Gasteiger partial charge in [0.15, 0.2) is 23.2 Å². The van der Waals surface area contributed by atoms with E-state index in [0.29, 0.717) is 0 Å². The number of ether oxygens (including phenoxy) is 2. The zero-order chi connectivity index (χ0) is 20.6. The fourth-order valence-electron chi connectivity index (χ4n) is 3.22. The third-order valence-corrected chi connectivity index (χ3v) is 4.93. The summed E-state index contributed by atoms with van der Waals surface area (Å²) < 4.78 is 27.7. The number of alkyl halides is 1. The van der Waals surface area contributed by atoms with Crippen LogP contribution >= 0.6 is 11.6 Å². The predicted molar refractivity (Wildman–Crippen MR) is 99.6 cm³/mol. The van der Waals surface area contributed by atoms with Crippen molar-refractivity contribution < 1.29 is 23.8 Å². The van der Waals surface area contributed by atoms with Gasteiger partial charge in [-0.25, -0.2) is 24.1 Å². The van der Waals surface area contributed by atoms with Gasteiger partial charge in [-0.05, 0) is 12.1 Å². The van der Waals surface area contributed by atoms with E-state index >= 15 is 4.39 Å². The average molecular weight is 417 g/mol. The molecule has 1 saturated heterocycles. The minimum Gasteiger partial charge on any atom is -0.434 e. The smallest absolute Gasteiger partial charge is 0.339 e. The maximum atomic E-state index is 15.3. The molecule has 1 aromatic carbocycles. The van der Waals surface area contributed by atoms with Crippen LogP contribution in [0, 0.1) is 12.3 Å². The predicted octanol–water partition coefficient (Wildman–Crippen LogP) is 1.94. The second kappa shape index (κ2) is 7.40. The van der Waals surface area contributed by atoms with E-state index in [1.807, 2.05) is 0 Å². The first-order valence-corrected chi connectivity index (χ1v) is 8.89. The summed E-state index contributed by atoms with van der Waals surface area (Å²) >= 11 is 6.02. The Morgan fingerprint density at radius 1 is 1.38 bits per heavy atom. The summed E-state index contributed by atoms with van der Waals surface area (Å²) in [6.07, 6.45) is 3.45. The molecule has 0 spiro atoms. The number of nitrogens with zero attached hydrogens (tertiary/aromatic N) is 4. The Morgan fingerprint density at radius 2 is 2.14 bits per heavy atom. The van der Waals surface area contributed by atoms with Crippen LogP contribution in [-0.4, -0.2) is 55.1 Å². The molecule has 0 amide bonds. The lowest BCUT2D eigenvalue weighted by Gasteiger charge is -2.30. The van der Waals surface area contributed by atoms with Crippen LogP contribution in [0.15, 0.2) is 43.0 Å². The van der Waals surface area contributed by atoms with E-state index in [2.05, 4.69) is 20.9 Å². The zero-order valence-electron chi connectivity index (χ0n) is 14.8. The third kappa shape index (κ3) is 3.02. The van der Waals surface area contributed by atoms with Crippen molar-refractivity contribution in [3.8, 4) is 12.3 Å². The van der Waals surface area contributed by atoms with Crippen LogP contribution in [0.25, 0.3) is 11.2 Å². The molecule has 2 aromatic heterocycles. The van der Waals surface area contributed by atoms with E-state index in [9.17, 15) is 9.90 Å². The number of aliphatic hydroxyl groups is 1. The van der Waals surface area contributed by atoms with Gasteiger partial charge >= 0.3 is 5.97 Å². The molecule has 4 rings (SSSR count). The first-order valence-electron chi connectivity index (χ1n) is 8.51. The molecule has 0 radical (unpaired) electrons. The molecule has 1 fully saturated rings. The van der Waals surface area contributed by atoms with Gasteiger partial charge in [-0.1, -0.05) is 35.7 Å². The van der Waals surface area contributed by atoms with E-state index < -0.39 is 36.7 Å². The van der Waals surface area contributed by atoms with Gasteiger partial charge in [0.2, 0.25) is 0 Å². The summed E-state index contributed by atoms with van der Waals surface area (Å²) in [4.78, 5) is 24.7. The van der Waals surface area contributed by atoms with Crippen LogP contribution in [0.3, 0.4) is 0 Å². The van der Waals surface area contributed by atoms with Crippen molar-refractivity contribution in [2.24, 2.45) is 0 Å². The number of fused-ring (bicyclic) bond motifs is 1. The highest BCUT2D eigenvalue weighted by atomic mass is 35.5. The lowest BCUT2D eigenvalue weighted by Crippen LogP contribution is -2.47. The maximum absolute atomic E-state index is 15.3. The van der Waals surface area contributed by atoms with Crippen molar-refractivity contribution in [1.29, 1.82) is 0 Å². The number of rotatable bonds is 4. The van der Waals surface area contributed by atoms with E-state index in [4.69, 9.17) is 27.5 Å². The second-order valence-electron chi connectivity index (χ2n) is 6.29. The lowest BCUT2D eigenvalue weighted by atomic mass is 9.95. The monoisotopic (exact) mass is 416 g/mol. The molecular weight excluding hydrogens is 403 g/mol. The number of hydrogen-bond donors (Lipinski definition) is 1. The molecule has 148 valence electrons. The van der Waals surface area contributed by atoms with Crippen LogP contribution in [0.2, 0.25) is 5.15 Å². The summed E-state index contributed by atoms with van der Waals surface area (Å²) in [6, 6.07) is 8.00. The fraction of sp³-hybridized carbons (Fsp3) is 0.263. The molecule has 0 unspecified atom stereocenters. The van der Waals surface area contributed by atoms with Gasteiger partial charge in [0.05, 0.1) is 18.5 Å². The van der Waals surface area contributed by atoms with Gasteiger partial charge in [0, 0.05) is 0 Å². The lowest BCUT2D eigenvalue weighted by molar-refractivity contribution is -0.0808. The molecular formula is C19H14ClFN4O4. The quantitative estimate of drug-likeness (QED) is 0.394. The number of benzene rings is 1. The van der Waals surface area contributed by atoms with Gasteiger partial charge in [-0.3, -0.25) is 4.57 Å². The number of halogens is 2. The molecule has 8 nitrogen and oxygen atoms in total. The Labute approximate surface area is 169 Å². The Bertz CT molecular complexity index is 1100. The molecule has 4 atom stereocenters. The minimum absolute atomic E-state index is 0.0786. The number of hydrogen-bond acceptors (Lipinski definition) is 7. The van der Waals surface area contributed by atoms with Crippen LogP contribution in [-0.2, 0) is 9.47 Å². The molecule has 29 heavy (non-hydrogen) atoms. The van der Waals surface area contributed by atoms with Crippen molar-refractivity contribution in [1.82, 2.24) is 19.5 Å². The maximum Gasteiger partial charge on any atom is 0.339 e. The molecule has 1 aliphatic heterocycles. The number of imidazole rings is 1. The largest absolute Gasteiger partial charge is 0.434 e. The van der Waals surface area contributed by atoms with Crippen molar-refractivity contribution in [3.05, 3.63) is 53.7 Å². The summed E-state index contributed by atoms with van der Waals surface area (Å²) in [6.45, 7) is -0.674. The van der Waals surface area contributed by atoms with Gasteiger partial charge in [-0.15, -0.1) is 6.42 Å². The molecule has 1 aliphatic rings. The Hall–Kier alpha value is -3.06. The topological polar surface area (TPSA) is 99.4 Å². The molecule has 1 N–H and O–H groups in total. The highest BCUT2D eigenvalue weighted by Gasteiger charge is 2.61. The van der Waals surface area contributed by atoms with Gasteiger partial charge in [-0.2, -0.15) is 0 Å². The summed E-state index contributed by atoms with van der Waals surface area (Å²) in [7, 11) is 0. The average Bonchev–Trinajstić information content (AvgIpc) is 3.29. The SMILES string of the molecule is C#C[C@@]1(OC(=O)c2ccccc2)[C@H](F)[C@@H](CO)O[C@H]1n1cnc2c(Cl)ncnc21. The highest BCUT2D eigenvalue weighted by Crippen LogP contribution is 2.44. The van der Waals surface area contributed by atoms with Gasteiger partial charge in [0.25, 0.3) is 5.60 Å². The number of carbonyl (C=O) groups is 1. The summed E-state index contributed by atoms with van der Waals surface area (Å²) in [5.41, 5.74) is -1.55. The van der Waals surface area contributed by atoms with E-state index in [0.717, 1.165) is 0 Å². The summed E-state index contributed by atoms with van der Waals surface area (Å²) in [5.74, 6) is 1.39. The number of carbonyl (C=O) groups excluding carboxylic acids is 1. The van der Waals surface area contributed by atoms with Gasteiger partial charge < -0.3 is 14.6 Å².